The molecule has 7 heteroatoms. The molecule has 0 spiro atoms. The monoisotopic (exact) mass is 325 g/mol. The molecule has 1 aliphatic rings. The highest BCUT2D eigenvalue weighted by Gasteiger charge is 2.25. The molecule has 0 unspecified atom stereocenters. The fraction of sp³-hybridized carbons (Fsp3) is 0.533. The van der Waals surface area contributed by atoms with Crippen LogP contribution in [-0.4, -0.2) is 70.2 Å². The maximum Gasteiger partial charge on any atom is 0.256 e. The smallest absolute Gasteiger partial charge is 0.256 e. The summed E-state index contributed by atoms with van der Waals surface area (Å²) in [6.07, 6.45) is 1.13. The second-order valence-corrected chi connectivity index (χ2v) is 7.49. The molecule has 22 heavy (non-hydrogen) atoms. The van der Waals surface area contributed by atoms with Gasteiger partial charge in [0.2, 0.25) is 10.0 Å². The van der Waals surface area contributed by atoms with E-state index >= 15 is 0 Å². The number of likely N-dealkylation sites (N-methyl/N-ethyl adjacent to an activating group) is 1. The number of hydrogen-bond acceptors (Lipinski definition) is 4. The number of sulfonamides is 1. The summed E-state index contributed by atoms with van der Waals surface area (Å²) in [5.41, 5.74) is 0.855. The summed E-state index contributed by atoms with van der Waals surface area (Å²) < 4.78 is 24.7. The minimum atomic E-state index is -3.40. The highest BCUT2D eigenvalue weighted by atomic mass is 32.2. The molecule has 0 aliphatic carbocycles. The lowest BCUT2D eigenvalue weighted by molar-refractivity contribution is 0.0644. The Bertz CT molecular complexity index is 637. The van der Waals surface area contributed by atoms with Crippen LogP contribution < -0.4 is 4.31 Å². The standard InChI is InChI=1S/C15H23N3O3S/c1-4-17-9-11-18(12-10-17)15(19)13-7-5-6-8-14(13)16(2)22(3,20)21/h5-8H,4,9-12H2,1-3H3. The Morgan fingerprint density at radius 2 is 1.77 bits per heavy atom. The zero-order chi connectivity index (χ0) is 16.3. The first-order valence-corrected chi connectivity index (χ1v) is 9.24. The minimum absolute atomic E-state index is 0.109. The summed E-state index contributed by atoms with van der Waals surface area (Å²) in [5, 5.41) is 0. The van der Waals surface area contributed by atoms with Gasteiger partial charge >= 0.3 is 0 Å². The zero-order valence-electron chi connectivity index (χ0n) is 13.3. The van der Waals surface area contributed by atoms with Gasteiger partial charge in [-0.3, -0.25) is 9.10 Å². The summed E-state index contributed by atoms with van der Waals surface area (Å²) in [6, 6.07) is 6.85. The van der Waals surface area contributed by atoms with Crippen LogP contribution in [0.1, 0.15) is 17.3 Å². The van der Waals surface area contributed by atoms with Crippen molar-refractivity contribution in [2.45, 2.75) is 6.92 Å². The first-order valence-electron chi connectivity index (χ1n) is 7.39. The van der Waals surface area contributed by atoms with Gasteiger partial charge in [0.15, 0.2) is 0 Å². The van der Waals surface area contributed by atoms with Crippen LogP contribution in [0.15, 0.2) is 24.3 Å². The first-order chi connectivity index (χ1) is 10.3. The summed E-state index contributed by atoms with van der Waals surface area (Å²) in [5.74, 6) is -0.109. The van der Waals surface area contributed by atoms with Crippen molar-refractivity contribution in [3.05, 3.63) is 29.8 Å². The molecule has 0 aromatic heterocycles. The third-order valence-electron chi connectivity index (χ3n) is 4.08. The third-order valence-corrected chi connectivity index (χ3v) is 5.27. The Morgan fingerprint density at radius 3 is 2.32 bits per heavy atom. The molecule has 1 aromatic carbocycles. The quantitative estimate of drug-likeness (QED) is 0.824. The normalized spacial score (nSPS) is 16.6. The molecule has 1 aromatic rings. The van der Waals surface area contributed by atoms with Crippen LogP contribution >= 0.6 is 0 Å². The van der Waals surface area contributed by atoms with Crippen molar-refractivity contribution >= 4 is 21.6 Å². The van der Waals surface area contributed by atoms with E-state index in [2.05, 4.69) is 11.8 Å². The van der Waals surface area contributed by atoms with Crippen LogP contribution in [0.4, 0.5) is 5.69 Å². The van der Waals surface area contributed by atoms with E-state index in [0.29, 0.717) is 24.3 Å². The lowest BCUT2D eigenvalue weighted by Crippen LogP contribution is -2.48. The number of amides is 1. The number of para-hydroxylation sites is 1. The number of piperazine rings is 1. The van der Waals surface area contributed by atoms with E-state index in [1.807, 2.05) is 0 Å². The van der Waals surface area contributed by atoms with E-state index in [1.165, 1.54) is 7.05 Å². The lowest BCUT2D eigenvalue weighted by atomic mass is 10.1. The highest BCUT2D eigenvalue weighted by molar-refractivity contribution is 7.92. The van der Waals surface area contributed by atoms with Crippen molar-refractivity contribution in [3.63, 3.8) is 0 Å². The maximum atomic E-state index is 12.7. The predicted octanol–water partition coefficient (Wildman–Crippen LogP) is 0.860. The van der Waals surface area contributed by atoms with Crippen LogP contribution in [0.25, 0.3) is 0 Å². The average Bonchev–Trinajstić information content (AvgIpc) is 2.52. The van der Waals surface area contributed by atoms with Gasteiger partial charge in [0, 0.05) is 33.2 Å². The van der Waals surface area contributed by atoms with Gasteiger partial charge < -0.3 is 9.80 Å². The molecule has 0 atom stereocenters. The van der Waals surface area contributed by atoms with E-state index in [4.69, 9.17) is 0 Å². The SMILES string of the molecule is CCN1CCN(C(=O)c2ccccc2N(C)S(C)(=O)=O)CC1. The van der Waals surface area contributed by atoms with E-state index < -0.39 is 10.0 Å². The van der Waals surface area contributed by atoms with Crippen molar-refractivity contribution in [2.24, 2.45) is 0 Å². The van der Waals surface area contributed by atoms with Crippen molar-refractivity contribution in [3.8, 4) is 0 Å². The fourth-order valence-corrected chi connectivity index (χ4v) is 3.06. The molecule has 1 heterocycles. The number of benzene rings is 1. The van der Waals surface area contributed by atoms with E-state index in [9.17, 15) is 13.2 Å². The second-order valence-electron chi connectivity index (χ2n) is 5.47. The van der Waals surface area contributed by atoms with Crippen molar-refractivity contribution in [1.29, 1.82) is 0 Å². The molecule has 6 nitrogen and oxygen atoms in total. The molecular formula is C15H23N3O3S. The topological polar surface area (TPSA) is 60.9 Å². The third kappa shape index (κ3) is 3.59. The number of anilines is 1. The Kier molecular flexibility index (Phi) is 5.08. The highest BCUT2D eigenvalue weighted by Crippen LogP contribution is 2.23. The lowest BCUT2D eigenvalue weighted by Gasteiger charge is -2.34. The van der Waals surface area contributed by atoms with Crippen LogP contribution in [0.2, 0.25) is 0 Å². The number of hydrogen-bond donors (Lipinski definition) is 0. The van der Waals surface area contributed by atoms with Gasteiger partial charge in [-0.15, -0.1) is 0 Å². The number of nitrogens with zero attached hydrogens (tertiary/aromatic N) is 3. The van der Waals surface area contributed by atoms with Gasteiger partial charge in [0.1, 0.15) is 0 Å². The largest absolute Gasteiger partial charge is 0.336 e. The van der Waals surface area contributed by atoms with Gasteiger partial charge in [0.05, 0.1) is 17.5 Å². The molecule has 0 bridgehead atoms. The molecule has 1 aliphatic heterocycles. The first kappa shape index (κ1) is 16.8. The van der Waals surface area contributed by atoms with Gasteiger partial charge in [0.25, 0.3) is 5.91 Å². The fourth-order valence-electron chi connectivity index (χ4n) is 2.55. The van der Waals surface area contributed by atoms with Gasteiger partial charge in [-0.2, -0.15) is 0 Å². The maximum absolute atomic E-state index is 12.7. The molecule has 0 N–H and O–H groups in total. The van der Waals surface area contributed by atoms with Gasteiger partial charge in [-0.05, 0) is 18.7 Å². The molecule has 1 fully saturated rings. The van der Waals surface area contributed by atoms with Crippen LogP contribution in [-0.2, 0) is 10.0 Å². The molecule has 1 saturated heterocycles. The van der Waals surface area contributed by atoms with Crippen LogP contribution in [0, 0.1) is 0 Å². The van der Waals surface area contributed by atoms with Crippen molar-refractivity contribution in [2.75, 3.05) is 50.3 Å². The van der Waals surface area contributed by atoms with Crippen LogP contribution in [0.5, 0.6) is 0 Å². The summed E-state index contributed by atoms with van der Waals surface area (Å²) in [6.45, 7) is 6.13. The average molecular weight is 325 g/mol. The number of rotatable bonds is 4. The van der Waals surface area contributed by atoms with Crippen molar-refractivity contribution < 1.29 is 13.2 Å². The van der Waals surface area contributed by atoms with Gasteiger partial charge in [-0.1, -0.05) is 19.1 Å². The Hall–Kier alpha value is -1.60. The van der Waals surface area contributed by atoms with E-state index in [1.54, 1.807) is 29.2 Å². The molecule has 2 rings (SSSR count). The number of carbonyl (C=O) groups excluding carboxylic acids is 1. The Morgan fingerprint density at radius 1 is 1.18 bits per heavy atom. The Balaban J connectivity index is 2.24. The zero-order valence-corrected chi connectivity index (χ0v) is 14.1. The summed E-state index contributed by atoms with van der Waals surface area (Å²) in [7, 11) is -1.93. The molecule has 122 valence electrons. The molecule has 1 amide bonds. The molecular weight excluding hydrogens is 302 g/mol. The van der Waals surface area contributed by atoms with Crippen molar-refractivity contribution in [1.82, 2.24) is 9.80 Å². The summed E-state index contributed by atoms with van der Waals surface area (Å²) >= 11 is 0. The Labute approximate surface area is 132 Å². The summed E-state index contributed by atoms with van der Waals surface area (Å²) in [4.78, 5) is 16.8. The minimum Gasteiger partial charge on any atom is -0.336 e. The van der Waals surface area contributed by atoms with Gasteiger partial charge in [-0.25, -0.2) is 8.42 Å². The molecule has 0 radical (unpaired) electrons. The number of carbonyl (C=O) groups is 1. The molecule has 0 saturated carbocycles. The van der Waals surface area contributed by atoms with Crippen LogP contribution in [0.3, 0.4) is 0 Å². The van der Waals surface area contributed by atoms with E-state index in [0.717, 1.165) is 30.2 Å². The van der Waals surface area contributed by atoms with E-state index in [-0.39, 0.29) is 5.91 Å². The predicted molar refractivity (Wildman–Crippen MR) is 87.7 cm³/mol. The second kappa shape index (κ2) is 6.66.